The Labute approximate surface area is 762 Å². The van der Waals surface area contributed by atoms with Crippen molar-refractivity contribution in [3.63, 3.8) is 0 Å². The van der Waals surface area contributed by atoms with Gasteiger partial charge in [0.1, 0.15) is 99.1 Å². The highest BCUT2D eigenvalue weighted by Gasteiger charge is 2.62. The van der Waals surface area contributed by atoms with Gasteiger partial charge in [0.25, 0.3) is 0 Å². The van der Waals surface area contributed by atoms with Gasteiger partial charge in [-0.3, -0.25) is 0 Å². The van der Waals surface area contributed by atoms with E-state index in [-0.39, 0.29) is 122 Å². The quantitative estimate of drug-likeness (QED) is 0.0346. The van der Waals surface area contributed by atoms with Crippen molar-refractivity contribution in [3.05, 3.63) is 0 Å². The van der Waals surface area contributed by atoms with Crippen molar-refractivity contribution in [2.24, 2.45) is 53.3 Å². The van der Waals surface area contributed by atoms with E-state index in [0.717, 1.165) is 0 Å². The van der Waals surface area contributed by atoms with Gasteiger partial charge in [0.15, 0.2) is 56.6 Å². The third-order valence-corrected chi connectivity index (χ3v) is 29.6. The molecule has 25 heterocycles. The molecule has 46 heteroatoms. The van der Waals surface area contributed by atoms with Crippen LogP contribution in [0.3, 0.4) is 0 Å². The summed E-state index contributed by atoms with van der Waals surface area (Å²) in [5.41, 5.74) is -12.5. The van der Waals surface area contributed by atoms with Crippen molar-refractivity contribution in [3.8, 4) is 0 Å². The third-order valence-electron chi connectivity index (χ3n) is 27.1. The maximum absolute atomic E-state index is 11.4. The molecule has 12 bridgehead atoms. The normalized spacial score (nSPS) is 45.2. The Hall–Kier alpha value is -1.31. The molecule has 25 rings (SSSR count). The zero-order chi connectivity index (χ0) is 97.3. The van der Waals surface area contributed by atoms with E-state index in [9.17, 15) is 53.4 Å². The molecule has 129 heavy (non-hydrogen) atoms. The summed E-state index contributed by atoms with van der Waals surface area (Å²) in [5, 5.41) is 21.0. The molecular weight excluding hydrogens is 1790 g/mol. The Bertz CT molecular complexity index is 3430. The lowest BCUT2D eigenvalue weighted by molar-refractivity contribution is -0.398. The second-order valence-electron chi connectivity index (χ2n) is 34.4. The van der Waals surface area contributed by atoms with Crippen LogP contribution in [-0.4, -0.2) is 373 Å². The first-order chi connectivity index (χ1) is 61.4. The molecule has 0 spiro atoms. The predicted octanol–water partition coefficient (Wildman–Crippen LogP) is 7.58. The van der Waals surface area contributed by atoms with Gasteiger partial charge < -0.3 is 148 Å². The van der Waals surface area contributed by atoms with Crippen LogP contribution in [0.15, 0.2) is 0 Å². The lowest BCUT2D eigenvalue weighted by atomic mass is 9.81. The summed E-state index contributed by atoms with van der Waals surface area (Å²) in [5.74, 6) is -0.917. The lowest BCUT2D eigenvalue weighted by Gasteiger charge is -2.53. The summed E-state index contributed by atoms with van der Waals surface area (Å²) < 4.78 is 304. The number of hydrogen-bond acceptors (Lipinski definition) is 36. The van der Waals surface area contributed by atoms with E-state index in [2.05, 4.69) is 64.5 Å². The summed E-state index contributed by atoms with van der Waals surface area (Å²) in [6.45, 7) is 31.7. The van der Waals surface area contributed by atoms with Gasteiger partial charge in [0, 0.05) is 121 Å². The highest BCUT2D eigenvalue weighted by Crippen LogP contribution is 2.48. The molecule has 25 aliphatic rings. The van der Waals surface area contributed by atoms with Crippen LogP contribution < -0.4 is 0 Å². The minimum absolute atomic E-state index is 0.0315. The molecule has 21 unspecified atom stereocenters. The van der Waals surface area contributed by atoms with E-state index < -0.39 is 204 Å². The average molecular weight is 1940 g/mol. The summed E-state index contributed by atoms with van der Waals surface area (Å²) >= 11 is 0. The molecule has 25 saturated heterocycles. The van der Waals surface area contributed by atoms with Gasteiger partial charge in [-0.1, -0.05) is 104 Å². The first-order valence-corrected chi connectivity index (χ1v) is 47.9. The Morgan fingerprint density at radius 1 is 0.302 bits per heavy atom. The van der Waals surface area contributed by atoms with Crippen LogP contribution in [0.25, 0.3) is 0 Å². The summed E-state index contributed by atoms with van der Waals surface area (Å²) in [4.78, 5) is 0. The van der Waals surface area contributed by atoms with Crippen LogP contribution in [0.2, 0.25) is 0 Å². The van der Waals surface area contributed by atoms with Crippen LogP contribution >= 0.6 is 9.12 Å². The van der Waals surface area contributed by atoms with Gasteiger partial charge in [-0.05, 0) is 57.6 Å². The standard InChI is InChI=1S/C54H96O21.C27H50O10.C2F6O5S2.BH3P/c1-19-31-37-25(4)28(7)49(64-31)70-38-26(5)29(8)50(67-34(38)22-55-10)71-39-27(6)30(9)51(68-35(39)23-56-11)73-42-36(24-57-12)69-54(48(63-18)45(42)60-15)75-41-33(21-3)66-53(47(62-17)44(41)59-14)74-40-32(20-2)65-52(72-37)46(61-16)43(40)58-13;1-10-16-19(28)13(4)23(31-8)26(34-16)37-21-15(6)24(32-9)27(35-18(21)12-3)36-20-14(5)22(30-7)25(29)33-17(20)11-2;3-1(4,5)14(9,10)13-15(11,12)2(6,7)8;1-2/h25-54H,19-24H2,1-18H3;13-29H,10-12H2,1-9H3;;1H,2H2/t25-,26-,27-,28?,29?,30?,31?,32?,33?,34?,35?,36?,37+,38+,39+,40?,41-,42-,43+,44+,45+,46+,47?,48?,49+,50+,51+,52?,53+,54+;13-,14-,15-,16?,17?,18?,19-,20-,21-,22?,23?,24?,25?,26-,27-;;/m10../s1/i;;;1D. The van der Waals surface area contributed by atoms with E-state index >= 15 is 0 Å². The molecule has 25 fully saturated rings. The van der Waals surface area contributed by atoms with Crippen molar-refractivity contribution in [1.29, 1.82) is 1.34 Å². The first-order valence-electron chi connectivity index (χ1n) is 45.0. The maximum atomic E-state index is 11.4. The van der Waals surface area contributed by atoms with Gasteiger partial charge in [-0.25, -0.2) is 0 Å². The largest absolute Gasteiger partial charge is 0.524 e. The van der Waals surface area contributed by atoms with E-state index in [1.54, 1.807) is 85.3 Å². The molecule has 0 aliphatic carbocycles. The number of methoxy groups -OCH3 is 12. The number of rotatable bonds is 27. The second-order valence-corrected chi connectivity index (χ2v) is 37.7. The minimum Gasteiger partial charge on any atom is -0.390 e. The number of alkyl halides is 6. The summed E-state index contributed by atoms with van der Waals surface area (Å²) in [7, 11) is 9.01. The molecule has 759 valence electrons. The van der Waals surface area contributed by atoms with E-state index in [1.807, 2.05) is 52.1 Å². The van der Waals surface area contributed by atoms with Gasteiger partial charge >= 0.3 is 31.3 Å². The number of hydrogen-bond donors (Lipinski definition) is 2. The molecule has 0 amide bonds. The summed E-state index contributed by atoms with van der Waals surface area (Å²) in [6, 6.07) is 0. The summed E-state index contributed by atoms with van der Waals surface area (Å²) in [6.07, 6.45) is -17.7. The Morgan fingerprint density at radius 2 is 0.550 bits per heavy atom. The Morgan fingerprint density at radius 3 is 0.876 bits per heavy atom. The molecule has 1 radical (unpaired) electrons. The monoisotopic (exact) mass is 1940 g/mol. The van der Waals surface area contributed by atoms with Gasteiger partial charge in [-0.15, -0.1) is 3.63 Å². The smallest absolute Gasteiger partial charge is 0.390 e. The fraction of sp³-hybridized carbons (Fsp3) is 1.00. The number of ether oxygens (including phenoxy) is 29. The van der Waals surface area contributed by atoms with E-state index in [1.165, 1.54) is 7.53 Å². The first kappa shape index (κ1) is 113. The van der Waals surface area contributed by atoms with Crippen LogP contribution in [0, 0.1) is 53.3 Å². The minimum atomic E-state index is -6.85. The Kier molecular flexibility index (Phi) is 45.3. The van der Waals surface area contributed by atoms with Gasteiger partial charge in [0.05, 0.1) is 93.1 Å². The molecule has 0 aromatic rings. The van der Waals surface area contributed by atoms with Crippen molar-refractivity contribution >= 4 is 36.9 Å². The average Bonchev–Trinajstić information content (AvgIpc) is 0.758. The van der Waals surface area contributed by atoms with Gasteiger partial charge in [0.2, 0.25) is 0 Å². The molecule has 0 aromatic heterocycles. The number of aliphatic hydroxyl groups is 2. The third kappa shape index (κ3) is 26.3. The fourth-order valence-electron chi connectivity index (χ4n) is 19.2. The highest BCUT2D eigenvalue weighted by molar-refractivity contribution is 8.00. The zero-order valence-electron chi connectivity index (χ0n) is 80.4. The maximum Gasteiger partial charge on any atom is 0.524 e. The van der Waals surface area contributed by atoms with E-state index in [4.69, 9.17) is 139 Å². The molecule has 36 nitrogen and oxygen atoms in total. The van der Waals surface area contributed by atoms with E-state index in [0.29, 0.717) is 38.5 Å². The van der Waals surface area contributed by atoms with Crippen LogP contribution in [-0.2, 0) is 161 Å². The van der Waals surface area contributed by atoms with Crippen molar-refractivity contribution < 1.29 is 194 Å². The van der Waals surface area contributed by atoms with Crippen molar-refractivity contribution in [1.82, 2.24) is 0 Å². The zero-order valence-corrected chi connectivity index (χ0v) is 82.1. The molecular formula is C83H149BF6O36PS2. The molecule has 46 atom stereocenters. The number of aliphatic hydroxyl groups excluding tert-OH is 2. The Balaban J connectivity index is 0.000000345. The molecule has 0 saturated carbocycles. The van der Waals surface area contributed by atoms with Crippen molar-refractivity contribution in [2.45, 2.75) is 375 Å². The van der Waals surface area contributed by atoms with Gasteiger partial charge in [-0.2, -0.15) is 52.3 Å². The van der Waals surface area contributed by atoms with Crippen LogP contribution in [0.1, 0.15) is 142 Å². The topological polar surface area (TPSA) is 386 Å². The predicted molar refractivity (Wildman–Crippen MR) is 450 cm³/mol. The van der Waals surface area contributed by atoms with Crippen LogP contribution in [0.5, 0.6) is 0 Å². The second kappa shape index (κ2) is 51.7. The molecule has 2 N–H and O–H groups in total. The molecule has 25 aliphatic heterocycles. The highest BCUT2D eigenvalue weighted by atomic mass is 32.3. The number of halogens is 6. The lowest BCUT2D eigenvalue weighted by Crippen LogP contribution is -2.68. The van der Waals surface area contributed by atoms with Crippen molar-refractivity contribution in [2.75, 3.05) is 105 Å². The van der Waals surface area contributed by atoms with Crippen LogP contribution in [0.4, 0.5) is 26.3 Å². The molecule has 0 aromatic carbocycles. The fourth-order valence-corrected chi connectivity index (χ4v) is 20.7. The SMILES string of the molecule is CCC1OC2O[C@@H]3C(CC)O[C@@H](O[C@@H]4C(COC)O[C@@H](O[C@@H]5C(COC)O[C@@H](O[C@@H]6C(COC)O[C@@H](O[C@@H]7C(CC)O[C@@H](OC1[C@H](OC)[C@@H]2OC)C(OC)[C@H]7OC)C(OC)[C@H]6OC)C(C)[C@H]5C)C(C)[C@H]4C)C(C)[C@H]3C.CCC1O[C@@H](O[C@@H]2C(CC)O[C@@H](O[C@@H]3C(CC)OC(O)C(OC)[C@H]3C)C(OC)[C@H]2C)C(OC)[C@@H](C)[C@@H]1O.O=S(=O)(OS(=O)(=O)C(F)(F)F)C(F)(F)F.[2H][B]P.